The maximum absolute atomic E-state index is 6.18. The van der Waals surface area contributed by atoms with E-state index < -0.39 is 0 Å². The standard InChI is InChI=1S/C15H23ClN2O2/c1-10(9-19-2)5-14(18-17)8-12-7-13(16)6-11-3-4-20-15(11)12/h6-7,10,14,18H,3-5,8-9,17H2,1-2H3. The van der Waals surface area contributed by atoms with Crippen LogP contribution in [0.2, 0.25) is 5.02 Å². The highest BCUT2D eigenvalue weighted by atomic mass is 35.5. The fourth-order valence-corrected chi connectivity index (χ4v) is 3.08. The van der Waals surface area contributed by atoms with Gasteiger partial charge in [-0.3, -0.25) is 11.3 Å². The van der Waals surface area contributed by atoms with Crippen LogP contribution in [0.3, 0.4) is 0 Å². The van der Waals surface area contributed by atoms with E-state index in [9.17, 15) is 0 Å². The van der Waals surface area contributed by atoms with Gasteiger partial charge in [0.05, 0.1) is 6.61 Å². The number of nitrogens with two attached hydrogens (primary N) is 1. The van der Waals surface area contributed by atoms with Gasteiger partial charge in [-0.25, -0.2) is 0 Å². The highest BCUT2D eigenvalue weighted by Crippen LogP contribution is 2.33. The Morgan fingerprint density at radius 1 is 1.50 bits per heavy atom. The average Bonchev–Trinajstić information content (AvgIpc) is 2.86. The predicted octanol–water partition coefficient (Wildman–Crippen LogP) is 2.32. The lowest BCUT2D eigenvalue weighted by atomic mass is 9.95. The van der Waals surface area contributed by atoms with Crippen LogP contribution in [0.1, 0.15) is 24.5 Å². The first-order valence-corrected chi connectivity index (χ1v) is 7.41. The fraction of sp³-hybridized carbons (Fsp3) is 0.600. The van der Waals surface area contributed by atoms with Gasteiger partial charge in [0.25, 0.3) is 0 Å². The number of fused-ring (bicyclic) bond motifs is 1. The minimum atomic E-state index is 0.187. The van der Waals surface area contributed by atoms with E-state index >= 15 is 0 Å². The quantitative estimate of drug-likeness (QED) is 0.599. The summed E-state index contributed by atoms with van der Waals surface area (Å²) in [7, 11) is 1.72. The van der Waals surface area contributed by atoms with Crippen molar-refractivity contribution >= 4 is 11.6 Å². The molecule has 0 saturated heterocycles. The van der Waals surface area contributed by atoms with Crippen LogP contribution in [0.5, 0.6) is 5.75 Å². The number of benzene rings is 1. The number of ether oxygens (including phenoxy) is 2. The van der Waals surface area contributed by atoms with Crippen molar-refractivity contribution in [3.63, 3.8) is 0 Å². The Bertz CT molecular complexity index is 454. The molecule has 1 aromatic rings. The summed E-state index contributed by atoms with van der Waals surface area (Å²) in [6.07, 6.45) is 2.70. The van der Waals surface area contributed by atoms with Crippen molar-refractivity contribution in [2.75, 3.05) is 20.3 Å². The van der Waals surface area contributed by atoms with Gasteiger partial charge in [0.1, 0.15) is 5.75 Å². The summed E-state index contributed by atoms with van der Waals surface area (Å²) in [5.41, 5.74) is 5.23. The molecular weight excluding hydrogens is 276 g/mol. The lowest BCUT2D eigenvalue weighted by Crippen LogP contribution is -2.38. The second-order valence-electron chi connectivity index (χ2n) is 5.52. The molecular formula is C15H23ClN2O2. The summed E-state index contributed by atoms with van der Waals surface area (Å²) in [5.74, 6) is 7.13. The zero-order chi connectivity index (χ0) is 14.5. The molecule has 1 heterocycles. The van der Waals surface area contributed by atoms with E-state index in [4.69, 9.17) is 26.9 Å². The van der Waals surface area contributed by atoms with E-state index in [0.717, 1.165) is 48.8 Å². The summed E-state index contributed by atoms with van der Waals surface area (Å²) < 4.78 is 10.9. The van der Waals surface area contributed by atoms with Crippen molar-refractivity contribution in [2.45, 2.75) is 32.2 Å². The van der Waals surface area contributed by atoms with Gasteiger partial charge in [0.2, 0.25) is 0 Å². The van der Waals surface area contributed by atoms with Crippen LogP contribution in [-0.2, 0) is 17.6 Å². The summed E-state index contributed by atoms with van der Waals surface area (Å²) in [6.45, 7) is 3.64. The maximum Gasteiger partial charge on any atom is 0.125 e. The molecule has 0 radical (unpaired) electrons. The Labute approximate surface area is 125 Å². The zero-order valence-corrected chi connectivity index (χ0v) is 12.9. The Morgan fingerprint density at radius 3 is 3.00 bits per heavy atom. The molecule has 0 aliphatic carbocycles. The number of hydrogen-bond donors (Lipinski definition) is 2. The molecule has 4 nitrogen and oxygen atoms in total. The number of rotatable bonds is 7. The van der Waals surface area contributed by atoms with E-state index in [1.165, 1.54) is 5.56 Å². The van der Waals surface area contributed by atoms with Crippen LogP contribution in [0.4, 0.5) is 0 Å². The van der Waals surface area contributed by atoms with Crippen molar-refractivity contribution in [1.82, 2.24) is 5.43 Å². The highest BCUT2D eigenvalue weighted by Gasteiger charge is 2.21. The molecule has 5 heteroatoms. The van der Waals surface area contributed by atoms with Gasteiger partial charge in [0.15, 0.2) is 0 Å². The molecule has 0 saturated carbocycles. The second kappa shape index (κ2) is 7.27. The van der Waals surface area contributed by atoms with E-state index in [2.05, 4.69) is 12.3 Å². The normalized spacial score (nSPS) is 16.6. The van der Waals surface area contributed by atoms with Gasteiger partial charge >= 0.3 is 0 Å². The Balaban J connectivity index is 2.08. The minimum Gasteiger partial charge on any atom is -0.493 e. The first kappa shape index (κ1) is 15.6. The molecule has 0 fully saturated rings. The lowest BCUT2D eigenvalue weighted by molar-refractivity contribution is 0.149. The van der Waals surface area contributed by atoms with Gasteiger partial charge in [-0.05, 0) is 42.0 Å². The van der Waals surface area contributed by atoms with Crippen LogP contribution in [-0.4, -0.2) is 26.4 Å². The minimum absolute atomic E-state index is 0.187. The first-order valence-electron chi connectivity index (χ1n) is 7.03. The van der Waals surface area contributed by atoms with Crippen molar-refractivity contribution < 1.29 is 9.47 Å². The number of nitrogens with one attached hydrogen (secondary N) is 1. The largest absolute Gasteiger partial charge is 0.493 e. The van der Waals surface area contributed by atoms with E-state index in [0.29, 0.717) is 5.92 Å². The third kappa shape index (κ3) is 3.85. The van der Waals surface area contributed by atoms with Crippen LogP contribution >= 0.6 is 11.6 Å². The second-order valence-corrected chi connectivity index (χ2v) is 5.95. The van der Waals surface area contributed by atoms with Crippen LogP contribution < -0.4 is 16.0 Å². The number of hydrogen-bond acceptors (Lipinski definition) is 4. The lowest BCUT2D eigenvalue weighted by Gasteiger charge is -2.21. The van der Waals surface area contributed by atoms with Gasteiger partial charge in [-0.1, -0.05) is 18.5 Å². The molecule has 0 amide bonds. The monoisotopic (exact) mass is 298 g/mol. The molecule has 0 spiro atoms. The molecule has 112 valence electrons. The fourth-order valence-electron chi connectivity index (χ4n) is 2.81. The SMILES string of the molecule is COCC(C)CC(Cc1cc(Cl)cc2c1OCC2)NN. The first-order chi connectivity index (χ1) is 9.63. The average molecular weight is 299 g/mol. The molecule has 2 rings (SSSR count). The summed E-state index contributed by atoms with van der Waals surface area (Å²) in [6, 6.07) is 4.16. The Morgan fingerprint density at radius 2 is 2.30 bits per heavy atom. The predicted molar refractivity (Wildman–Crippen MR) is 81.1 cm³/mol. The Kier molecular flexibility index (Phi) is 5.66. The zero-order valence-electron chi connectivity index (χ0n) is 12.1. The molecule has 20 heavy (non-hydrogen) atoms. The molecule has 0 aromatic heterocycles. The maximum atomic E-state index is 6.18. The van der Waals surface area contributed by atoms with Crippen LogP contribution in [0.25, 0.3) is 0 Å². The van der Waals surface area contributed by atoms with Crippen LogP contribution in [0, 0.1) is 5.92 Å². The van der Waals surface area contributed by atoms with E-state index in [1.54, 1.807) is 7.11 Å². The van der Waals surface area contributed by atoms with Gasteiger partial charge in [-0.15, -0.1) is 0 Å². The number of hydrazine groups is 1. The number of halogens is 1. The van der Waals surface area contributed by atoms with Gasteiger partial charge in [0, 0.05) is 31.2 Å². The third-order valence-corrected chi connectivity index (χ3v) is 3.88. The molecule has 3 N–H and O–H groups in total. The summed E-state index contributed by atoms with van der Waals surface area (Å²) >= 11 is 6.18. The summed E-state index contributed by atoms with van der Waals surface area (Å²) in [5, 5.41) is 0.768. The van der Waals surface area contributed by atoms with Crippen molar-refractivity contribution in [2.24, 2.45) is 11.8 Å². The van der Waals surface area contributed by atoms with Crippen molar-refractivity contribution in [3.05, 3.63) is 28.3 Å². The highest BCUT2D eigenvalue weighted by molar-refractivity contribution is 6.30. The number of methoxy groups -OCH3 is 1. The molecule has 0 bridgehead atoms. The molecule has 1 aliphatic rings. The Hall–Kier alpha value is -0.810. The van der Waals surface area contributed by atoms with Gasteiger partial charge < -0.3 is 9.47 Å². The topological polar surface area (TPSA) is 56.5 Å². The molecule has 2 unspecified atom stereocenters. The summed E-state index contributed by atoms with van der Waals surface area (Å²) in [4.78, 5) is 0. The molecule has 1 aromatic carbocycles. The molecule has 2 atom stereocenters. The van der Waals surface area contributed by atoms with Crippen molar-refractivity contribution in [3.8, 4) is 5.75 Å². The third-order valence-electron chi connectivity index (χ3n) is 3.67. The van der Waals surface area contributed by atoms with Gasteiger partial charge in [-0.2, -0.15) is 0 Å². The smallest absolute Gasteiger partial charge is 0.125 e. The van der Waals surface area contributed by atoms with Crippen molar-refractivity contribution in [1.29, 1.82) is 0 Å². The van der Waals surface area contributed by atoms with E-state index in [1.807, 2.05) is 12.1 Å². The molecule has 1 aliphatic heterocycles. The van der Waals surface area contributed by atoms with E-state index in [-0.39, 0.29) is 6.04 Å². The van der Waals surface area contributed by atoms with Crippen LogP contribution in [0.15, 0.2) is 12.1 Å².